The highest BCUT2D eigenvalue weighted by molar-refractivity contribution is 7.12. The van der Waals surface area contributed by atoms with Crippen molar-refractivity contribution >= 4 is 11.3 Å². The lowest BCUT2D eigenvalue weighted by Gasteiger charge is -2.40. The molecular weight excluding hydrogens is 392 g/mol. The van der Waals surface area contributed by atoms with Gasteiger partial charge in [0.05, 0.1) is 13.7 Å². The molecule has 2 heterocycles. The van der Waals surface area contributed by atoms with Gasteiger partial charge >= 0.3 is 0 Å². The van der Waals surface area contributed by atoms with Gasteiger partial charge in [-0.05, 0) is 55.0 Å². The van der Waals surface area contributed by atoms with Crippen molar-refractivity contribution in [2.45, 2.75) is 62.6 Å². The van der Waals surface area contributed by atoms with Gasteiger partial charge in [-0.2, -0.15) is 0 Å². The molecule has 2 aliphatic rings. The van der Waals surface area contributed by atoms with Crippen LogP contribution < -0.4 is 4.74 Å². The van der Waals surface area contributed by atoms with Crippen LogP contribution in [0, 0.1) is 0 Å². The number of fused-ring (bicyclic) bond motifs is 1. The topological polar surface area (TPSA) is 99.4 Å². The Morgan fingerprint density at radius 2 is 1.86 bits per heavy atom. The summed E-state index contributed by atoms with van der Waals surface area (Å²) in [4.78, 5) is 2.80. The van der Waals surface area contributed by atoms with Crippen molar-refractivity contribution in [1.82, 2.24) is 0 Å². The lowest BCUT2D eigenvalue weighted by molar-refractivity contribution is -0.232. The van der Waals surface area contributed by atoms with Gasteiger partial charge in [0, 0.05) is 21.7 Å². The number of benzene rings is 1. The molecule has 4 rings (SSSR count). The molecule has 0 unspecified atom stereocenters. The van der Waals surface area contributed by atoms with Gasteiger partial charge in [0.25, 0.3) is 0 Å². The van der Waals surface area contributed by atoms with Crippen molar-refractivity contribution in [2.24, 2.45) is 0 Å². The number of aliphatic hydroxyl groups is 4. The van der Waals surface area contributed by atoms with Crippen molar-refractivity contribution in [1.29, 1.82) is 0 Å². The maximum atomic E-state index is 10.5. The Labute approximate surface area is 174 Å². The van der Waals surface area contributed by atoms with Crippen molar-refractivity contribution in [3.05, 3.63) is 50.7 Å². The summed E-state index contributed by atoms with van der Waals surface area (Å²) in [6.07, 6.45) is -0.362. The molecule has 1 fully saturated rings. The first-order valence-electron chi connectivity index (χ1n) is 10.1. The summed E-state index contributed by atoms with van der Waals surface area (Å²) in [5.41, 5.74) is 3.12. The number of hydrogen-bond donors (Lipinski definition) is 4. The van der Waals surface area contributed by atoms with Gasteiger partial charge in [0.2, 0.25) is 0 Å². The predicted octanol–water partition coefficient (Wildman–Crippen LogP) is 1.74. The first kappa shape index (κ1) is 20.8. The quantitative estimate of drug-likeness (QED) is 0.588. The zero-order chi connectivity index (χ0) is 20.5. The second kappa shape index (κ2) is 8.71. The number of rotatable bonds is 5. The average Bonchev–Trinajstić information content (AvgIpc) is 3.14. The van der Waals surface area contributed by atoms with Crippen LogP contribution in [0.3, 0.4) is 0 Å². The lowest BCUT2D eigenvalue weighted by Crippen LogP contribution is -2.55. The smallest absolute Gasteiger partial charge is 0.124 e. The maximum absolute atomic E-state index is 10.5. The van der Waals surface area contributed by atoms with Crippen LogP contribution in [0.15, 0.2) is 24.3 Å². The number of thiophene rings is 1. The fourth-order valence-corrected chi connectivity index (χ4v) is 5.61. The van der Waals surface area contributed by atoms with Gasteiger partial charge < -0.3 is 29.9 Å². The second-order valence-electron chi connectivity index (χ2n) is 7.87. The third-order valence-corrected chi connectivity index (χ3v) is 7.16. The Balaban J connectivity index is 1.62. The monoisotopic (exact) mass is 420 g/mol. The van der Waals surface area contributed by atoms with Crippen molar-refractivity contribution in [2.75, 3.05) is 13.7 Å². The zero-order valence-electron chi connectivity index (χ0n) is 16.5. The fourth-order valence-electron chi connectivity index (χ4n) is 4.32. The Kier molecular flexibility index (Phi) is 6.24. The van der Waals surface area contributed by atoms with Crippen LogP contribution in [-0.2, 0) is 24.0 Å². The maximum Gasteiger partial charge on any atom is 0.124 e. The van der Waals surface area contributed by atoms with Gasteiger partial charge in [0.15, 0.2) is 0 Å². The SMILES string of the molecule is COc1ccc(Cc2cc3c(s2)CCCC3)cc1[C@@H]1O[C@H](CO)[C@@H](O)[C@H](O)[C@H]1O. The summed E-state index contributed by atoms with van der Waals surface area (Å²) in [6.45, 7) is -0.454. The molecule has 0 bridgehead atoms. The van der Waals surface area contributed by atoms with Crippen LogP contribution in [0.5, 0.6) is 5.75 Å². The molecule has 7 heteroatoms. The van der Waals surface area contributed by atoms with E-state index < -0.39 is 37.1 Å². The number of aliphatic hydroxyl groups excluding tert-OH is 4. The third kappa shape index (κ3) is 4.08. The van der Waals surface area contributed by atoms with Crippen LogP contribution in [0.1, 0.15) is 45.4 Å². The third-order valence-electron chi connectivity index (χ3n) is 5.92. The Hall–Kier alpha value is -1.48. The molecule has 158 valence electrons. The van der Waals surface area contributed by atoms with E-state index in [1.807, 2.05) is 29.5 Å². The van der Waals surface area contributed by atoms with Gasteiger partial charge in [-0.3, -0.25) is 0 Å². The Bertz CT molecular complexity index is 824. The molecule has 1 aromatic carbocycles. The minimum absolute atomic E-state index is 0.454. The minimum atomic E-state index is -1.41. The largest absolute Gasteiger partial charge is 0.496 e. The first-order chi connectivity index (χ1) is 14.0. The van der Waals surface area contributed by atoms with Crippen molar-refractivity contribution in [3.8, 4) is 5.75 Å². The molecule has 0 saturated carbocycles. The van der Waals surface area contributed by atoms with Gasteiger partial charge in [-0.25, -0.2) is 0 Å². The van der Waals surface area contributed by atoms with Crippen LogP contribution >= 0.6 is 11.3 Å². The molecule has 6 nitrogen and oxygen atoms in total. The highest BCUT2D eigenvalue weighted by Gasteiger charge is 2.44. The van der Waals surface area contributed by atoms with Crippen LogP contribution in [0.4, 0.5) is 0 Å². The van der Waals surface area contributed by atoms with Gasteiger partial charge in [-0.1, -0.05) is 6.07 Å². The molecule has 1 aromatic heterocycles. The van der Waals surface area contributed by atoms with Crippen LogP contribution in [0.25, 0.3) is 0 Å². The lowest BCUT2D eigenvalue weighted by atomic mass is 9.90. The molecule has 4 N–H and O–H groups in total. The summed E-state index contributed by atoms with van der Waals surface area (Å²) < 4.78 is 11.2. The van der Waals surface area contributed by atoms with Gasteiger partial charge in [-0.15, -0.1) is 11.3 Å². The number of ether oxygens (including phenoxy) is 2. The molecule has 0 spiro atoms. The molecule has 2 aromatic rings. The van der Waals surface area contributed by atoms with Crippen molar-refractivity contribution < 1.29 is 29.9 Å². The zero-order valence-corrected chi connectivity index (χ0v) is 17.3. The van der Waals surface area contributed by atoms with Crippen LogP contribution in [0.2, 0.25) is 0 Å². The van der Waals surface area contributed by atoms with E-state index in [0.29, 0.717) is 11.3 Å². The molecule has 5 atom stereocenters. The second-order valence-corrected chi connectivity index (χ2v) is 9.09. The Morgan fingerprint density at radius 3 is 2.59 bits per heavy atom. The van der Waals surface area contributed by atoms with Crippen molar-refractivity contribution in [3.63, 3.8) is 0 Å². The van der Waals surface area contributed by atoms with E-state index in [1.54, 1.807) is 0 Å². The predicted molar refractivity (Wildman–Crippen MR) is 109 cm³/mol. The van der Waals surface area contributed by atoms with E-state index in [0.717, 1.165) is 18.4 Å². The van der Waals surface area contributed by atoms with Crippen LogP contribution in [-0.4, -0.2) is 58.6 Å². The molecule has 29 heavy (non-hydrogen) atoms. The van der Waals surface area contributed by atoms with E-state index in [2.05, 4.69) is 6.07 Å². The van der Waals surface area contributed by atoms with E-state index in [1.165, 1.54) is 41.7 Å². The first-order valence-corrected chi connectivity index (χ1v) is 10.9. The summed E-state index contributed by atoms with van der Waals surface area (Å²) in [6, 6.07) is 8.05. The summed E-state index contributed by atoms with van der Waals surface area (Å²) in [7, 11) is 1.54. The number of hydrogen-bond acceptors (Lipinski definition) is 7. The fraction of sp³-hybridized carbons (Fsp3) is 0.545. The highest BCUT2D eigenvalue weighted by atomic mass is 32.1. The molecule has 1 saturated heterocycles. The molecule has 0 amide bonds. The van der Waals surface area contributed by atoms with E-state index in [-0.39, 0.29) is 0 Å². The standard InChI is InChI=1S/C22H28O6S/c1-27-16-7-6-12(8-14-10-13-4-2-3-5-18(13)29-14)9-15(16)22-21(26)20(25)19(24)17(11-23)28-22/h6-7,9-10,17,19-26H,2-5,8,11H2,1H3/t17-,19-,20+,21-,22+/m1/s1. The summed E-state index contributed by atoms with van der Waals surface area (Å²) in [5, 5.41) is 40.2. The minimum Gasteiger partial charge on any atom is -0.496 e. The summed E-state index contributed by atoms with van der Waals surface area (Å²) >= 11 is 1.87. The molecule has 1 aliphatic heterocycles. The summed E-state index contributed by atoms with van der Waals surface area (Å²) in [5.74, 6) is 0.531. The van der Waals surface area contributed by atoms with Gasteiger partial charge in [0.1, 0.15) is 36.3 Å². The number of methoxy groups -OCH3 is 1. The van der Waals surface area contributed by atoms with E-state index >= 15 is 0 Å². The normalized spacial score (nSPS) is 29.5. The van der Waals surface area contributed by atoms with E-state index in [9.17, 15) is 20.4 Å². The number of aryl methyl sites for hydroxylation is 2. The van der Waals surface area contributed by atoms with E-state index in [4.69, 9.17) is 9.47 Å². The Morgan fingerprint density at radius 1 is 1.07 bits per heavy atom. The average molecular weight is 421 g/mol. The molecule has 0 radical (unpaired) electrons. The molecule has 1 aliphatic carbocycles. The highest BCUT2D eigenvalue weighted by Crippen LogP contribution is 2.38. The molecular formula is C22H28O6S.